The van der Waals surface area contributed by atoms with Crippen LogP contribution in [0.5, 0.6) is 0 Å². The van der Waals surface area contributed by atoms with Gasteiger partial charge in [-0.25, -0.2) is 0 Å². The molecule has 2 rings (SSSR count). The quantitative estimate of drug-likeness (QED) is 0.635. The van der Waals surface area contributed by atoms with Crippen LogP contribution in [-0.2, 0) is 8.87 Å². The molecule has 0 aliphatic rings. The van der Waals surface area contributed by atoms with Crippen LogP contribution in [0.25, 0.3) is 0 Å². The summed E-state index contributed by atoms with van der Waals surface area (Å²) in [6.45, 7) is 2.31. The summed E-state index contributed by atoms with van der Waals surface area (Å²) in [7, 11) is 0. The van der Waals surface area contributed by atoms with Crippen molar-refractivity contribution in [3.05, 3.63) is 71.8 Å². The summed E-state index contributed by atoms with van der Waals surface area (Å²) in [6.07, 6.45) is 2.78. The van der Waals surface area contributed by atoms with E-state index in [-0.39, 0.29) is 0 Å². The van der Waals surface area contributed by atoms with Crippen LogP contribution < -0.4 is 0 Å². The summed E-state index contributed by atoms with van der Waals surface area (Å²) in [4.78, 5) is 0. The number of hydrogen-bond acceptors (Lipinski definition) is 0. The van der Waals surface area contributed by atoms with Crippen molar-refractivity contribution < 1.29 is 0 Å². The number of benzene rings is 2. The van der Waals surface area contributed by atoms with Crippen LogP contribution in [0.4, 0.5) is 0 Å². The molecule has 0 nitrogen and oxygen atoms in total. The first-order valence-corrected chi connectivity index (χ1v) is 14.5. The zero-order chi connectivity index (χ0) is 13.3. The average molecular weight is 359 g/mol. The van der Waals surface area contributed by atoms with E-state index in [1.54, 1.807) is 15.6 Å². The van der Waals surface area contributed by atoms with Crippen molar-refractivity contribution in [2.24, 2.45) is 0 Å². The van der Waals surface area contributed by atoms with Gasteiger partial charge in [0.05, 0.1) is 0 Å². The predicted molar refractivity (Wildman–Crippen MR) is 87.2 cm³/mol. The molecule has 0 saturated carbocycles. The molecule has 0 heterocycles. The van der Waals surface area contributed by atoms with E-state index in [1.807, 2.05) is 0 Å². The Balaban J connectivity index is 1.99. The second kappa shape index (κ2) is 8.42. The summed E-state index contributed by atoms with van der Waals surface area (Å²) in [5.74, 6) is 0. The Bertz CT molecular complexity index is 408. The van der Waals surface area contributed by atoms with Crippen LogP contribution in [0.3, 0.4) is 0 Å². The van der Waals surface area contributed by atoms with E-state index in [4.69, 9.17) is 0 Å². The third-order valence-electron chi connectivity index (χ3n) is 3.70. The Kier molecular flexibility index (Phi) is 6.49. The Morgan fingerprint density at radius 2 is 1.21 bits per heavy atom. The molecular weight excluding hydrogens is 335 g/mol. The minimum atomic E-state index is -1.46. The molecule has 19 heavy (non-hydrogen) atoms. The summed E-state index contributed by atoms with van der Waals surface area (Å²) in [6, 6.07) is 22.2. The van der Waals surface area contributed by atoms with E-state index in [0.717, 1.165) is 0 Å². The fraction of sp³-hybridized carbons (Fsp3) is 0.333. The molecule has 0 unspecified atom stereocenters. The van der Waals surface area contributed by atoms with Gasteiger partial charge in [-0.1, -0.05) is 0 Å². The molecule has 0 spiro atoms. The first-order chi connectivity index (χ1) is 9.38. The molecule has 0 saturated heterocycles. The zero-order valence-corrected chi connectivity index (χ0v) is 15.2. The number of hydrogen-bond donors (Lipinski definition) is 0. The van der Waals surface area contributed by atoms with Gasteiger partial charge >= 0.3 is 125 Å². The maximum atomic E-state index is 2.31. The topological polar surface area (TPSA) is 0 Å². The minimum absolute atomic E-state index is 1.34. The molecule has 0 aliphatic heterocycles. The van der Waals surface area contributed by atoms with E-state index in [0.29, 0.717) is 0 Å². The van der Waals surface area contributed by atoms with E-state index in [2.05, 4.69) is 67.6 Å². The fourth-order valence-corrected chi connectivity index (χ4v) is 12.4. The molecule has 0 bridgehead atoms. The molecule has 0 radical (unpaired) electrons. The van der Waals surface area contributed by atoms with Crippen molar-refractivity contribution in [2.45, 2.75) is 33.1 Å². The molecule has 1 heteroatoms. The third-order valence-corrected chi connectivity index (χ3v) is 13.2. The van der Waals surface area contributed by atoms with Crippen molar-refractivity contribution in [3.8, 4) is 0 Å². The first kappa shape index (κ1) is 14.6. The van der Waals surface area contributed by atoms with E-state index in [1.165, 1.54) is 21.7 Å². The van der Waals surface area contributed by atoms with Gasteiger partial charge in [-0.2, -0.15) is 0 Å². The van der Waals surface area contributed by atoms with Crippen LogP contribution in [0.2, 0.25) is 4.44 Å². The van der Waals surface area contributed by atoms with Crippen LogP contribution in [0.1, 0.15) is 30.9 Å². The standard InChI is InChI=1S/2C7H7.C4H9.Sn.H/c2*1-7-5-3-2-4-6-7;1-3-4-2;;/h2*2-6H,1H2;1,3-4H2,2H3;;. The molecule has 100 valence electrons. The Morgan fingerprint density at radius 3 is 1.63 bits per heavy atom. The summed E-state index contributed by atoms with van der Waals surface area (Å²) in [5.41, 5.74) is 3.13. The average Bonchev–Trinajstić information content (AvgIpc) is 2.47. The van der Waals surface area contributed by atoms with Crippen molar-refractivity contribution in [1.82, 2.24) is 0 Å². The summed E-state index contributed by atoms with van der Waals surface area (Å²) in [5, 5.41) is 0. The monoisotopic (exact) mass is 360 g/mol. The van der Waals surface area contributed by atoms with Crippen molar-refractivity contribution >= 4 is 19.8 Å². The van der Waals surface area contributed by atoms with Gasteiger partial charge in [-0.15, -0.1) is 0 Å². The first-order valence-electron chi connectivity index (χ1n) is 7.46. The van der Waals surface area contributed by atoms with Crippen molar-refractivity contribution in [1.29, 1.82) is 0 Å². The van der Waals surface area contributed by atoms with E-state index in [9.17, 15) is 0 Å². The SMILES string of the molecule is CCC[CH2][SnH]([CH2]c1ccccc1)[CH2]c1ccccc1. The number of unbranched alkanes of at least 4 members (excludes halogenated alkanes) is 1. The van der Waals surface area contributed by atoms with Gasteiger partial charge in [0.15, 0.2) is 0 Å². The van der Waals surface area contributed by atoms with E-state index < -0.39 is 19.8 Å². The zero-order valence-electron chi connectivity index (χ0n) is 11.9. The molecule has 0 atom stereocenters. The molecular formula is C18H24Sn. The predicted octanol–water partition coefficient (Wildman–Crippen LogP) is 4.58. The summed E-state index contributed by atoms with van der Waals surface area (Å²) < 4.78 is 4.37. The molecule has 2 aromatic carbocycles. The summed E-state index contributed by atoms with van der Waals surface area (Å²) >= 11 is -1.46. The van der Waals surface area contributed by atoms with Crippen LogP contribution in [-0.4, -0.2) is 19.8 Å². The Hall–Kier alpha value is -0.761. The van der Waals surface area contributed by atoms with Gasteiger partial charge in [0.1, 0.15) is 0 Å². The van der Waals surface area contributed by atoms with Crippen LogP contribution in [0, 0.1) is 0 Å². The molecule has 2 aromatic rings. The molecule has 0 amide bonds. The number of rotatable bonds is 7. The van der Waals surface area contributed by atoms with Crippen LogP contribution >= 0.6 is 0 Å². The van der Waals surface area contributed by atoms with Gasteiger partial charge in [0, 0.05) is 0 Å². The van der Waals surface area contributed by atoms with E-state index >= 15 is 0 Å². The normalized spacial score (nSPS) is 10.8. The van der Waals surface area contributed by atoms with Gasteiger partial charge in [0.2, 0.25) is 0 Å². The molecule has 0 fully saturated rings. The van der Waals surface area contributed by atoms with Crippen molar-refractivity contribution in [3.63, 3.8) is 0 Å². The van der Waals surface area contributed by atoms with Gasteiger partial charge in [0.25, 0.3) is 0 Å². The fourth-order valence-electron chi connectivity index (χ4n) is 2.66. The van der Waals surface area contributed by atoms with Gasteiger partial charge in [-0.05, 0) is 0 Å². The van der Waals surface area contributed by atoms with Crippen molar-refractivity contribution in [2.75, 3.05) is 0 Å². The second-order valence-corrected chi connectivity index (χ2v) is 14.3. The molecule has 0 aliphatic carbocycles. The van der Waals surface area contributed by atoms with Gasteiger partial charge in [-0.3, -0.25) is 0 Å². The Morgan fingerprint density at radius 1 is 0.737 bits per heavy atom. The third kappa shape index (κ3) is 5.40. The maximum absolute atomic E-state index is 2.31. The van der Waals surface area contributed by atoms with Gasteiger partial charge < -0.3 is 0 Å². The van der Waals surface area contributed by atoms with Crippen LogP contribution in [0.15, 0.2) is 60.7 Å². The molecule has 0 N–H and O–H groups in total. The second-order valence-electron chi connectivity index (χ2n) is 5.39. The molecule has 0 aromatic heterocycles. The Labute approximate surface area is 124 Å².